The van der Waals surface area contributed by atoms with Crippen LogP contribution in [-0.2, 0) is 4.79 Å². The van der Waals surface area contributed by atoms with Crippen molar-refractivity contribution in [2.45, 2.75) is 44.6 Å². The Labute approximate surface area is 104 Å². The van der Waals surface area contributed by atoms with Crippen LogP contribution in [0.2, 0.25) is 0 Å². The number of primary amides is 1. The molecule has 0 aromatic heterocycles. The summed E-state index contributed by atoms with van der Waals surface area (Å²) in [5.74, 6) is 0.583. The Morgan fingerprint density at radius 1 is 1.18 bits per heavy atom. The smallest absolute Gasteiger partial charge is 0.231 e. The highest BCUT2D eigenvalue weighted by Crippen LogP contribution is 2.27. The van der Waals surface area contributed by atoms with E-state index in [4.69, 9.17) is 5.73 Å². The van der Waals surface area contributed by atoms with E-state index in [9.17, 15) is 4.79 Å². The molecule has 1 amide bonds. The maximum atomic E-state index is 11.2. The highest BCUT2D eigenvalue weighted by molar-refractivity contribution is 5.75. The Balaban J connectivity index is 1.99. The standard InChI is InChI=1S/C13H25N3O/c14-13(17)10-16-9-3-1-2-4-12(16)11-5-7-15-8-6-11/h11-12,15H,1-10H2,(H2,14,17). The minimum Gasteiger partial charge on any atom is -0.369 e. The third-order valence-corrected chi connectivity index (χ3v) is 4.20. The van der Waals surface area contributed by atoms with Crippen LogP contribution in [0.1, 0.15) is 38.5 Å². The molecule has 1 atom stereocenters. The summed E-state index contributed by atoms with van der Waals surface area (Å²) in [5.41, 5.74) is 5.37. The number of nitrogens with zero attached hydrogens (tertiary/aromatic N) is 1. The molecular weight excluding hydrogens is 214 g/mol. The second-order valence-corrected chi connectivity index (χ2v) is 5.44. The largest absolute Gasteiger partial charge is 0.369 e. The molecule has 0 spiro atoms. The number of amides is 1. The molecule has 0 bridgehead atoms. The van der Waals surface area contributed by atoms with E-state index >= 15 is 0 Å². The second kappa shape index (κ2) is 6.36. The van der Waals surface area contributed by atoms with Crippen molar-refractivity contribution >= 4 is 5.91 Å². The summed E-state index contributed by atoms with van der Waals surface area (Å²) in [6.45, 7) is 3.77. The molecule has 0 aliphatic carbocycles. The van der Waals surface area contributed by atoms with Gasteiger partial charge in [-0.3, -0.25) is 9.69 Å². The van der Waals surface area contributed by atoms with Gasteiger partial charge in [0.2, 0.25) is 5.91 Å². The molecule has 0 aromatic carbocycles. The van der Waals surface area contributed by atoms with Gasteiger partial charge in [-0.05, 0) is 51.2 Å². The highest BCUT2D eigenvalue weighted by Gasteiger charge is 2.30. The van der Waals surface area contributed by atoms with Gasteiger partial charge in [0, 0.05) is 6.04 Å². The summed E-state index contributed by atoms with van der Waals surface area (Å²) in [5, 5.41) is 3.41. The first kappa shape index (κ1) is 12.8. The molecule has 2 aliphatic rings. The fourth-order valence-electron chi connectivity index (χ4n) is 3.35. The van der Waals surface area contributed by atoms with E-state index in [-0.39, 0.29) is 5.91 Å². The molecule has 0 aromatic rings. The minimum absolute atomic E-state index is 0.175. The molecule has 0 radical (unpaired) electrons. The fraction of sp³-hybridized carbons (Fsp3) is 0.923. The molecule has 4 heteroatoms. The number of hydrogen-bond acceptors (Lipinski definition) is 3. The predicted molar refractivity (Wildman–Crippen MR) is 68.6 cm³/mol. The van der Waals surface area contributed by atoms with E-state index in [1.807, 2.05) is 0 Å². The molecule has 2 fully saturated rings. The van der Waals surface area contributed by atoms with Gasteiger partial charge < -0.3 is 11.1 Å². The Morgan fingerprint density at radius 3 is 2.65 bits per heavy atom. The first-order valence-electron chi connectivity index (χ1n) is 7.00. The summed E-state index contributed by atoms with van der Waals surface area (Å²) in [6.07, 6.45) is 7.58. The average Bonchev–Trinajstić information content (AvgIpc) is 2.55. The maximum Gasteiger partial charge on any atom is 0.231 e. The van der Waals surface area contributed by atoms with Gasteiger partial charge in [-0.15, -0.1) is 0 Å². The lowest BCUT2D eigenvalue weighted by molar-refractivity contribution is -0.120. The van der Waals surface area contributed by atoms with Gasteiger partial charge >= 0.3 is 0 Å². The van der Waals surface area contributed by atoms with E-state index in [1.54, 1.807) is 0 Å². The monoisotopic (exact) mass is 239 g/mol. The molecular formula is C13H25N3O. The third-order valence-electron chi connectivity index (χ3n) is 4.20. The molecule has 2 aliphatic heterocycles. The minimum atomic E-state index is -0.175. The lowest BCUT2D eigenvalue weighted by Gasteiger charge is -2.37. The normalized spacial score (nSPS) is 28.8. The molecule has 1 unspecified atom stereocenters. The lowest BCUT2D eigenvalue weighted by atomic mass is 9.87. The van der Waals surface area contributed by atoms with Crippen LogP contribution in [0.3, 0.4) is 0 Å². The zero-order valence-corrected chi connectivity index (χ0v) is 10.7. The number of rotatable bonds is 3. The molecule has 0 saturated carbocycles. The van der Waals surface area contributed by atoms with E-state index in [1.165, 1.54) is 38.5 Å². The Bertz CT molecular complexity index is 251. The lowest BCUT2D eigenvalue weighted by Crippen LogP contribution is -2.47. The molecule has 2 heterocycles. The van der Waals surface area contributed by atoms with Crippen LogP contribution in [0, 0.1) is 5.92 Å². The van der Waals surface area contributed by atoms with E-state index in [2.05, 4.69) is 10.2 Å². The number of carbonyl (C=O) groups excluding carboxylic acids is 1. The van der Waals surface area contributed by atoms with Crippen LogP contribution in [0.4, 0.5) is 0 Å². The summed E-state index contributed by atoms with van der Waals surface area (Å²) >= 11 is 0. The van der Waals surface area contributed by atoms with Crippen molar-refractivity contribution in [2.24, 2.45) is 11.7 Å². The van der Waals surface area contributed by atoms with Crippen LogP contribution in [0.25, 0.3) is 0 Å². The van der Waals surface area contributed by atoms with Crippen LogP contribution in [0.15, 0.2) is 0 Å². The number of likely N-dealkylation sites (tertiary alicyclic amines) is 1. The van der Waals surface area contributed by atoms with Gasteiger partial charge in [-0.1, -0.05) is 12.8 Å². The van der Waals surface area contributed by atoms with Crippen molar-refractivity contribution in [1.29, 1.82) is 0 Å². The van der Waals surface area contributed by atoms with Gasteiger partial charge in [0.15, 0.2) is 0 Å². The number of nitrogens with two attached hydrogens (primary N) is 1. The van der Waals surface area contributed by atoms with Crippen molar-refractivity contribution in [3.05, 3.63) is 0 Å². The van der Waals surface area contributed by atoms with Crippen molar-refractivity contribution < 1.29 is 4.79 Å². The quantitative estimate of drug-likeness (QED) is 0.763. The van der Waals surface area contributed by atoms with E-state index in [0.29, 0.717) is 12.6 Å². The maximum absolute atomic E-state index is 11.2. The van der Waals surface area contributed by atoms with Crippen molar-refractivity contribution in [3.63, 3.8) is 0 Å². The molecule has 2 saturated heterocycles. The SMILES string of the molecule is NC(=O)CN1CCCCCC1C1CCNCC1. The van der Waals surface area contributed by atoms with Crippen LogP contribution in [-0.4, -0.2) is 43.0 Å². The van der Waals surface area contributed by atoms with E-state index in [0.717, 1.165) is 25.6 Å². The first-order valence-corrected chi connectivity index (χ1v) is 7.00. The number of carbonyl (C=O) groups is 1. The van der Waals surface area contributed by atoms with Gasteiger partial charge in [0.1, 0.15) is 0 Å². The number of nitrogens with one attached hydrogen (secondary N) is 1. The van der Waals surface area contributed by atoms with Crippen molar-refractivity contribution in [3.8, 4) is 0 Å². The predicted octanol–water partition coefficient (Wildman–Crippen LogP) is 0.716. The van der Waals surface area contributed by atoms with Crippen LogP contribution < -0.4 is 11.1 Å². The van der Waals surface area contributed by atoms with Crippen molar-refractivity contribution in [2.75, 3.05) is 26.2 Å². The Kier molecular flexibility index (Phi) is 4.80. The molecule has 3 N–H and O–H groups in total. The molecule has 98 valence electrons. The van der Waals surface area contributed by atoms with Gasteiger partial charge in [0.25, 0.3) is 0 Å². The summed E-state index contributed by atoms with van der Waals surface area (Å²) in [6, 6.07) is 0.590. The summed E-state index contributed by atoms with van der Waals surface area (Å²) in [7, 11) is 0. The van der Waals surface area contributed by atoms with Gasteiger partial charge in [-0.2, -0.15) is 0 Å². The Morgan fingerprint density at radius 2 is 1.94 bits per heavy atom. The number of hydrogen-bond donors (Lipinski definition) is 2. The van der Waals surface area contributed by atoms with Crippen molar-refractivity contribution in [1.82, 2.24) is 10.2 Å². The highest BCUT2D eigenvalue weighted by atomic mass is 16.1. The fourth-order valence-corrected chi connectivity index (χ4v) is 3.35. The van der Waals surface area contributed by atoms with Crippen LogP contribution >= 0.6 is 0 Å². The molecule has 4 nitrogen and oxygen atoms in total. The van der Waals surface area contributed by atoms with E-state index < -0.39 is 0 Å². The first-order chi connectivity index (χ1) is 8.27. The Hall–Kier alpha value is -0.610. The van der Waals surface area contributed by atoms with Gasteiger partial charge in [-0.25, -0.2) is 0 Å². The van der Waals surface area contributed by atoms with Gasteiger partial charge in [0.05, 0.1) is 6.54 Å². The summed E-state index contributed by atoms with van der Waals surface area (Å²) < 4.78 is 0. The van der Waals surface area contributed by atoms with Crippen LogP contribution in [0.5, 0.6) is 0 Å². The third kappa shape index (κ3) is 3.68. The zero-order chi connectivity index (χ0) is 12.1. The zero-order valence-electron chi connectivity index (χ0n) is 10.7. The second-order valence-electron chi connectivity index (χ2n) is 5.44. The topological polar surface area (TPSA) is 58.4 Å². The molecule has 17 heavy (non-hydrogen) atoms. The molecule has 2 rings (SSSR count). The average molecular weight is 239 g/mol. The number of piperidine rings is 1. The summed E-state index contributed by atoms with van der Waals surface area (Å²) in [4.78, 5) is 13.5.